The summed E-state index contributed by atoms with van der Waals surface area (Å²) < 4.78 is 0. The van der Waals surface area contributed by atoms with Crippen LogP contribution in [-0.2, 0) is 6.42 Å². The van der Waals surface area contributed by atoms with E-state index in [-0.39, 0.29) is 5.95 Å². The number of unbranched alkanes of at least 4 members (excludes halogenated alkanes) is 1. The third kappa shape index (κ3) is 3.19. The first-order valence-corrected chi connectivity index (χ1v) is 6.61. The van der Waals surface area contributed by atoms with Gasteiger partial charge in [0.05, 0.1) is 5.69 Å². The lowest BCUT2D eigenvalue weighted by Gasteiger charge is -2.12. The summed E-state index contributed by atoms with van der Waals surface area (Å²) in [6.45, 7) is 0. The molecule has 1 heterocycles. The molecule has 5 heteroatoms. The molecule has 0 atom stereocenters. The molecule has 0 radical (unpaired) electrons. The van der Waals surface area contributed by atoms with E-state index in [0.29, 0.717) is 23.7 Å². The second-order valence-electron chi connectivity index (χ2n) is 4.36. The first-order valence-electron chi connectivity index (χ1n) is 6.23. The molecule has 0 saturated carbocycles. The van der Waals surface area contributed by atoms with Gasteiger partial charge in [0.25, 0.3) is 0 Å². The Bertz CT molecular complexity index is 661. The zero-order chi connectivity index (χ0) is 14.5. The number of nitrogen functional groups attached to an aromatic ring is 2. The molecule has 0 aliphatic heterocycles. The summed E-state index contributed by atoms with van der Waals surface area (Å²) in [5.74, 6) is 3.14. The van der Waals surface area contributed by atoms with Crippen LogP contribution in [0.1, 0.15) is 18.5 Å². The van der Waals surface area contributed by atoms with Crippen molar-refractivity contribution in [2.24, 2.45) is 0 Å². The Kier molecular flexibility index (Phi) is 4.44. The smallest absolute Gasteiger partial charge is 0.222 e. The van der Waals surface area contributed by atoms with E-state index in [4.69, 9.17) is 29.5 Å². The number of halogens is 1. The molecular formula is C15H15ClN4. The van der Waals surface area contributed by atoms with Crippen LogP contribution in [0.5, 0.6) is 0 Å². The van der Waals surface area contributed by atoms with Crippen molar-refractivity contribution in [1.82, 2.24) is 9.97 Å². The first-order chi connectivity index (χ1) is 9.61. The quantitative estimate of drug-likeness (QED) is 0.669. The highest BCUT2D eigenvalue weighted by Crippen LogP contribution is 2.30. The number of aromatic nitrogens is 2. The summed E-state index contributed by atoms with van der Waals surface area (Å²) >= 11 is 6.02. The maximum Gasteiger partial charge on any atom is 0.222 e. The fourth-order valence-electron chi connectivity index (χ4n) is 2.04. The normalized spacial score (nSPS) is 10.2. The summed E-state index contributed by atoms with van der Waals surface area (Å²) in [5, 5.41) is 0.633. The first kappa shape index (κ1) is 14.2. The number of anilines is 2. The third-order valence-corrected chi connectivity index (χ3v) is 3.11. The molecule has 0 bridgehead atoms. The topological polar surface area (TPSA) is 77.8 Å². The van der Waals surface area contributed by atoms with E-state index in [2.05, 4.69) is 15.9 Å². The summed E-state index contributed by atoms with van der Waals surface area (Å²) in [4.78, 5) is 8.32. The minimum Gasteiger partial charge on any atom is -0.383 e. The van der Waals surface area contributed by atoms with Gasteiger partial charge in [-0.1, -0.05) is 23.7 Å². The van der Waals surface area contributed by atoms with Crippen LogP contribution < -0.4 is 11.5 Å². The van der Waals surface area contributed by atoms with Crippen LogP contribution in [-0.4, -0.2) is 9.97 Å². The molecule has 2 aromatic rings. The number of terminal acetylenes is 1. The van der Waals surface area contributed by atoms with Crippen LogP contribution in [0.3, 0.4) is 0 Å². The van der Waals surface area contributed by atoms with Gasteiger partial charge in [-0.15, -0.1) is 12.3 Å². The van der Waals surface area contributed by atoms with E-state index in [0.717, 1.165) is 23.2 Å². The van der Waals surface area contributed by atoms with Gasteiger partial charge in [-0.25, -0.2) is 4.98 Å². The standard InChI is InChI=1S/C15H15ClN4/c1-2-3-4-8-12-13(14(17)20-15(18)19-12)10-6-5-7-11(16)9-10/h1,5-7,9H,3-4,8H2,(H4,17,18,19,20). The van der Waals surface area contributed by atoms with E-state index in [1.165, 1.54) is 0 Å². The summed E-state index contributed by atoms with van der Waals surface area (Å²) in [6, 6.07) is 7.41. The van der Waals surface area contributed by atoms with Gasteiger partial charge < -0.3 is 11.5 Å². The molecule has 0 fully saturated rings. The second-order valence-corrected chi connectivity index (χ2v) is 4.79. The monoisotopic (exact) mass is 286 g/mol. The Morgan fingerprint density at radius 1 is 1.25 bits per heavy atom. The van der Waals surface area contributed by atoms with Gasteiger partial charge >= 0.3 is 0 Å². The van der Waals surface area contributed by atoms with Crippen LogP contribution in [0.2, 0.25) is 5.02 Å². The van der Waals surface area contributed by atoms with Crippen LogP contribution in [0, 0.1) is 12.3 Å². The number of hydrogen-bond donors (Lipinski definition) is 2. The predicted octanol–water partition coefficient (Wildman–Crippen LogP) is 2.92. The zero-order valence-corrected chi connectivity index (χ0v) is 11.7. The molecule has 0 unspecified atom stereocenters. The molecule has 1 aromatic heterocycles. The average molecular weight is 287 g/mol. The minimum atomic E-state index is 0.170. The van der Waals surface area contributed by atoms with Crippen LogP contribution >= 0.6 is 11.6 Å². The zero-order valence-electron chi connectivity index (χ0n) is 10.9. The van der Waals surface area contributed by atoms with E-state index in [1.54, 1.807) is 6.07 Å². The molecule has 0 aliphatic carbocycles. The average Bonchev–Trinajstić information content (AvgIpc) is 2.38. The highest BCUT2D eigenvalue weighted by Gasteiger charge is 2.13. The van der Waals surface area contributed by atoms with Crippen LogP contribution in [0.25, 0.3) is 11.1 Å². The van der Waals surface area contributed by atoms with Crippen molar-refractivity contribution in [1.29, 1.82) is 0 Å². The van der Waals surface area contributed by atoms with Crippen molar-refractivity contribution in [2.75, 3.05) is 11.5 Å². The van der Waals surface area contributed by atoms with Crippen LogP contribution in [0.4, 0.5) is 11.8 Å². The number of benzene rings is 1. The van der Waals surface area contributed by atoms with Gasteiger partial charge in [-0.3, -0.25) is 0 Å². The summed E-state index contributed by atoms with van der Waals surface area (Å²) in [7, 11) is 0. The third-order valence-electron chi connectivity index (χ3n) is 2.88. The van der Waals surface area contributed by atoms with E-state index in [1.807, 2.05) is 18.2 Å². The molecule has 0 amide bonds. The van der Waals surface area contributed by atoms with Crippen molar-refractivity contribution in [3.05, 3.63) is 35.0 Å². The maximum absolute atomic E-state index is 6.02. The van der Waals surface area contributed by atoms with Gasteiger partial charge in [0.2, 0.25) is 5.95 Å². The molecule has 2 rings (SSSR count). The molecular weight excluding hydrogens is 272 g/mol. The number of hydrogen-bond acceptors (Lipinski definition) is 4. The SMILES string of the molecule is C#CCCCc1nc(N)nc(N)c1-c1cccc(Cl)c1. The molecule has 4 N–H and O–H groups in total. The van der Waals surface area contributed by atoms with E-state index in [9.17, 15) is 0 Å². The molecule has 0 aliphatic rings. The van der Waals surface area contributed by atoms with Gasteiger partial charge in [-0.05, 0) is 30.5 Å². The van der Waals surface area contributed by atoms with Crippen molar-refractivity contribution in [3.63, 3.8) is 0 Å². The van der Waals surface area contributed by atoms with Crippen molar-refractivity contribution < 1.29 is 0 Å². The van der Waals surface area contributed by atoms with Crippen molar-refractivity contribution >= 4 is 23.4 Å². The Balaban J connectivity index is 2.47. The van der Waals surface area contributed by atoms with Gasteiger partial charge in [0, 0.05) is 17.0 Å². The van der Waals surface area contributed by atoms with Crippen molar-refractivity contribution in [2.45, 2.75) is 19.3 Å². The number of nitrogens with zero attached hydrogens (tertiary/aromatic N) is 2. The maximum atomic E-state index is 6.02. The van der Waals surface area contributed by atoms with Gasteiger partial charge in [0.15, 0.2) is 0 Å². The Labute approximate surface area is 123 Å². The van der Waals surface area contributed by atoms with Crippen LogP contribution in [0.15, 0.2) is 24.3 Å². The highest BCUT2D eigenvalue weighted by atomic mass is 35.5. The number of nitrogens with two attached hydrogens (primary N) is 2. The number of rotatable bonds is 4. The largest absolute Gasteiger partial charge is 0.383 e. The second kappa shape index (κ2) is 6.27. The fraction of sp³-hybridized carbons (Fsp3) is 0.200. The lowest BCUT2D eigenvalue weighted by Crippen LogP contribution is -2.07. The summed E-state index contributed by atoms with van der Waals surface area (Å²) in [5.41, 5.74) is 14.1. The lowest BCUT2D eigenvalue weighted by atomic mass is 10.0. The fourth-order valence-corrected chi connectivity index (χ4v) is 2.23. The lowest BCUT2D eigenvalue weighted by molar-refractivity contribution is 0.830. The summed E-state index contributed by atoms with van der Waals surface area (Å²) in [6.07, 6.45) is 7.47. The van der Waals surface area contributed by atoms with E-state index >= 15 is 0 Å². The molecule has 20 heavy (non-hydrogen) atoms. The Hall–Kier alpha value is -2.25. The number of aryl methyl sites for hydroxylation is 1. The van der Waals surface area contributed by atoms with E-state index < -0.39 is 0 Å². The molecule has 0 saturated heterocycles. The van der Waals surface area contributed by atoms with Gasteiger partial charge in [0.1, 0.15) is 5.82 Å². The molecule has 102 valence electrons. The Morgan fingerprint density at radius 2 is 2.05 bits per heavy atom. The Morgan fingerprint density at radius 3 is 2.75 bits per heavy atom. The van der Waals surface area contributed by atoms with Crippen molar-refractivity contribution in [3.8, 4) is 23.5 Å². The molecule has 1 aromatic carbocycles. The van der Waals surface area contributed by atoms with Gasteiger partial charge in [-0.2, -0.15) is 4.98 Å². The predicted molar refractivity (Wildman–Crippen MR) is 83.1 cm³/mol. The molecule has 4 nitrogen and oxygen atoms in total. The minimum absolute atomic E-state index is 0.170. The highest BCUT2D eigenvalue weighted by molar-refractivity contribution is 6.30. The molecule has 0 spiro atoms.